The standard InChI is InChI=1S/C19H24FN5O4/c1-22-16-17(23(2)19(22)28)25(18(27)21-16)11-15(26)24-8-6-13(7-9-24)29-14-5-3-4-12(20)10-14/h3-5,10,13,16-17H,6-9,11H2,1-2H3,(H,21,27). The number of hydrogen-bond donors (Lipinski definition) is 1. The normalized spacial score (nSPS) is 24.8. The molecule has 0 radical (unpaired) electrons. The number of amides is 5. The van der Waals surface area contributed by atoms with Gasteiger partial charge in [-0.3, -0.25) is 9.69 Å². The predicted octanol–water partition coefficient (Wildman–Crippen LogP) is 0.870. The lowest BCUT2D eigenvalue weighted by atomic mass is 10.1. The zero-order valence-corrected chi connectivity index (χ0v) is 16.4. The molecule has 1 N–H and O–H groups in total. The second-order valence-corrected chi connectivity index (χ2v) is 7.60. The van der Waals surface area contributed by atoms with Crippen molar-refractivity contribution in [3.63, 3.8) is 0 Å². The molecule has 5 amide bonds. The quantitative estimate of drug-likeness (QED) is 0.806. The Morgan fingerprint density at radius 3 is 2.62 bits per heavy atom. The zero-order chi connectivity index (χ0) is 20.7. The topological polar surface area (TPSA) is 85.4 Å². The fourth-order valence-corrected chi connectivity index (χ4v) is 4.14. The summed E-state index contributed by atoms with van der Waals surface area (Å²) in [6, 6.07) is 5.45. The van der Waals surface area contributed by atoms with Crippen molar-refractivity contribution < 1.29 is 23.5 Å². The van der Waals surface area contributed by atoms with E-state index in [1.165, 1.54) is 26.8 Å². The molecule has 3 fully saturated rings. The summed E-state index contributed by atoms with van der Waals surface area (Å²) in [6.45, 7) is 0.905. The van der Waals surface area contributed by atoms with Gasteiger partial charge in [-0.25, -0.2) is 14.0 Å². The Bertz CT molecular complexity index is 829. The maximum Gasteiger partial charge on any atom is 0.323 e. The lowest BCUT2D eigenvalue weighted by molar-refractivity contribution is -0.134. The highest BCUT2D eigenvalue weighted by molar-refractivity contribution is 5.88. The first-order chi connectivity index (χ1) is 13.8. The summed E-state index contributed by atoms with van der Waals surface area (Å²) < 4.78 is 19.1. The first-order valence-electron chi connectivity index (χ1n) is 9.62. The molecule has 1 aromatic carbocycles. The highest BCUT2D eigenvalue weighted by atomic mass is 19.1. The van der Waals surface area contributed by atoms with E-state index in [9.17, 15) is 18.8 Å². The lowest BCUT2D eigenvalue weighted by Crippen LogP contribution is -2.51. The SMILES string of the molecule is CN1C(=O)N(C)C2C1NC(=O)N2CC(=O)N1CCC(Oc2cccc(F)c2)CC1. The number of ether oxygens (including phenoxy) is 1. The van der Waals surface area contributed by atoms with Gasteiger partial charge >= 0.3 is 12.1 Å². The molecular weight excluding hydrogens is 381 g/mol. The van der Waals surface area contributed by atoms with E-state index in [-0.39, 0.29) is 36.4 Å². The fraction of sp³-hybridized carbons (Fsp3) is 0.526. The first-order valence-corrected chi connectivity index (χ1v) is 9.62. The smallest absolute Gasteiger partial charge is 0.323 e. The molecule has 0 saturated carbocycles. The summed E-state index contributed by atoms with van der Waals surface area (Å²) in [5.74, 6) is -0.0358. The van der Waals surface area contributed by atoms with Crippen molar-refractivity contribution >= 4 is 18.0 Å². The summed E-state index contributed by atoms with van der Waals surface area (Å²) in [7, 11) is 3.25. The number of halogens is 1. The van der Waals surface area contributed by atoms with Gasteiger partial charge in [-0.2, -0.15) is 0 Å². The van der Waals surface area contributed by atoms with Gasteiger partial charge in [0, 0.05) is 46.1 Å². The number of rotatable bonds is 4. The largest absolute Gasteiger partial charge is 0.490 e. The number of piperidine rings is 1. The number of nitrogens with one attached hydrogen (secondary N) is 1. The van der Waals surface area contributed by atoms with Crippen molar-refractivity contribution in [3.8, 4) is 5.75 Å². The number of fused-ring (bicyclic) bond motifs is 1. The van der Waals surface area contributed by atoms with Crippen LogP contribution in [0.15, 0.2) is 24.3 Å². The summed E-state index contributed by atoms with van der Waals surface area (Å²) in [4.78, 5) is 43.2. The zero-order valence-electron chi connectivity index (χ0n) is 16.4. The first kappa shape index (κ1) is 19.3. The van der Waals surface area contributed by atoms with E-state index in [4.69, 9.17) is 4.74 Å². The maximum atomic E-state index is 13.3. The van der Waals surface area contributed by atoms with Crippen molar-refractivity contribution in [2.45, 2.75) is 31.3 Å². The van der Waals surface area contributed by atoms with Crippen molar-refractivity contribution in [2.75, 3.05) is 33.7 Å². The molecular formula is C19H24FN5O4. The summed E-state index contributed by atoms with van der Waals surface area (Å²) in [5, 5.41) is 2.75. The highest BCUT2D eigenvalue weighted by Crippen LogP contribution is 2.27. The van der Waals surface area contributed by atoms with Crippen LogP contribution in [0.1, 0.15) is 12.8 Å². The van der Waals surface area contributed by atoms with Crippen LogP contribution in [-0.4, -0.2) is 89.7 Å². The monoisotopic (exact) mass is 405 g/mol. The molecule has 156 valence electrons. The molecule has 29 heavy (non-hydrogen) atoms. The van der Waals surface area contributed by atoms with E-state index in [1.54, 1.807) is 31.1 Å². The van der Waals surface area contributed by atoms with Gasteiger partial charge in [-0.1, -0.05) is 6.07 Å². The van der Waals surface area contributed by atoms with Gasteiger partial charge in [0.25, 0.3) is 0 Å². The number of nitrogens with zero attached hydrogens (tertiary/aromatic N) is 4. The van der Waals surface area contributed by atoms with Gasteiger partial charge in [-0.05, 0) is 12.1 Å². The molecule has 2 atom stereocenters. The Morgan fingerprint density at radius 1 is 1.21 bits per heavy atom. The Balaban J connectivity index is 1.32. The summed E-state index contributed by atoms with van der Waals surface area (Å²) in [6.07, 6.45) is 0.201. The minimum absolute atomic E-state index is 0.0894. The second-order valence-electron chi connectivity index (χ2n) is 7.60. The number of likely N-dealkylation sites (N-methyl/N-ethyl adjacent to an activating group) is 2. The molecule has 1 aromatic rings. The van der Waals surface area contributed by atoms with E-state index in [2.05, 4.69) is 5.32 Å². The van der Waals surface area contributed by atoms with E-state index in [0.29, 0.717) is 31.7 Å². The number of likely N-dealkylation sites (tertiary alicyclic amines) is 1. The van der Waals surface area contributed by atoms with Crippen molar-refractivity contribution in [3.05, 3.63) is 30.1 Å². The number of carbonyl (C=O) groups excluding carboxylic acids is 3. The molecule has 3 saturated heterocycles. The number of carbonyl (C=O) groups is 3. The van der Waals surface area contributed by atoms with E-state index < -0.39 is 12.3 Å². The molecule has 3 aliphatic heterocycles. The molecule has 0 aliphatic carbocycles. The van der Waals surface area contributed by atoms with Crippen molar-refractivity contribution in [1.82, 2.24) is 24.9 Å². The number of urea groups is 2. The number of hydrogen-bond acceptors (Lipinski definition) is 4. The van der Waals surface area contributed by atoms with Crippen molar-refractivity contribution in [1.29, 1.82) is 0 Å². The summed E-state index contributed by atoms with van der Waals surface area (Å²) >= 11 is 0. The minimum Gasteiger partial charge on any atom is -0.490 e. The van der Waals surface area contributed by atoms with Gasteiger partial charge < -0.3 is 24.8 Å². The van der Waals surface area contributed by atoms with Gasteiger partial charge in [0.1, 0.15) is 36.5 Å². The molecule has 3 aliphatic rings. The third kappa shape index (κ3) is 3.54. The minimum atomic E-state index is -0.502. The molecule has 9 nitrogen and oxygen atoms in total. The molecule has 4 rings (SSSR count). The molecule has 0 spiro atoms. The van der Waals surface area contributed by atoms with Crippen LogP contribution in [0.5, 0.6) is 5.75 Å². The third-order valence-corrected chi connectivity index (χ3v) is 5.75. The van der Waals surface area contributed by atoms with Gasteiger partial charge in [0.2, 0.25) is 5.91 Å². The van der Waals surface area contributed by atoms with E-state index >= 15 is 0 Å². The van der Waals surface area contributed by atoms with Crippen LogP contribution in [0.3, 0.4) is 0 Å². The molecule has 10 heteroatoms. The maximum absolute atomic E-state index is 13.3. The average molecular weight is 405 g/mol. The van der Waals surface area contributed by atoms with Crippen LogP contribution in [0, 0.1) is 5.82 Å². The fourth-order valence-electron chi connectivity index (χ4n) is 4.14. The van der Waals surface area contributed by atoms with Crippen LogP contribution in [0.25, 0.3) is 0 Å². The van der Waals surface area contributed by atoms with Gasteiger partial charge in [0.15, 0.2) is 0 Å². The second kappa shape index (κ2) is 7.41. The molecule has 0 aromatic heterocycles. The van der Waals surface area contributed by atoms with Gasteiger partial charge in [-0.15, -0.1) is 0 Å². The van der Waals surface area contributed by atoms with Crippen LogP contribution in [0.2, 0.25) is 0 Å². The Kier molecular flexibility index (Phi) is 4.93. The average Bonchev–Trinajstić information content (AvgIpc) is 3.12. The highest BCUT2D eigenvalue weighted by Gasteiger charge is 2.53. The lowest BCUT2D eigenvalue weighted by Gasteiger charge is -2.34. The molecule has 0 bridgehead atoms. The van der Waals surface area contributed by atoms with E-state index in [1.807, 2.05) is 0 Å². The van der Waals surface area contributed by atoms with Gasteiger partial charge in [0.05, 0.1) is 0 Å². The van der Waals surface area contributed by atoms with Crippen molar-refractivity contribution in [2.24, 2.45) is 0 Å². The Morgan fingerprint density at radius 2 is 1.93 bits per heavy atom. The Hall–Kier alpha value is -3.04. The van der Waals surface area contributed by atoms with Crippen LogP contribution < -0.4 is 10.1 Å². The Labute approximate surface area is 168 Å². The van der Waals surface area contributed by atoms with Crippen LogP contribution >= 0.6 is 0 Å². The molecule has 2 unspecified atom stereocenters. The summed E-state index contributed by atoms with van der Waals surface area (Å²) in [5.41, 5.74) is 0. The third-order valence-electron chi connectivity index (χ3n) is 5.75. The molecule has 3 heterocycles. The van der Waals surface area contributed by atoms with E-state index in [0.717, 1.165) is 0 Å². The predicted molar refractivity (Wildman–Crippen MR) is 100 cm³/mol. The van der Waals surface area contributed by atoms with Crippen LogP contribution in [-0.2, 0) is 4.79 Å². The number of benzene rings is 1. The van der Waals surface area contributed by atoms with Crippen LogP contribution in [0.4, 0.5) is 14.0 Å².